The highest BCUT2D eigenvalue weighted by Gasteiger charge is 2.25. The molecule has 1 aliphatic heterocycles. The van der Waals surface area contributed by atoms with Gasteiger partial charge >= 0.3 is 0 Å². The summed E-state index contributed by atoms with van der Waals surface area (Å²) in [6.45, 7) is 0.648. The van der Waals surface area contributed by atoms with Crippen molar-refractivity contribution in [2.45, 2.75) is 6.42 Å². The second-order valence-electron chi connectivity index (χ2n) is 6.31. The number of para-hydroxylation sites is 2. The number of benzene rings is 2. The van der Waals surface area contributed by atoms with E-state index in [1.54, 1.807) is 30.5 Å². The molecule has 0 bridgehead atoms. The first-order valence-corrected chi connectivity index (χ1v) is 8.86. The number of anilines is 1. The molecule has 2 heterocycles. The van der Waals surface area contributed by atoms with Gasteiger partial charge in [-0.1, -0.05) is 18.2 Å². The van der Waals surface area contributed by atoms with Gasteiger partial charge in [0.15, 0.2) is 18.1 Å². The Hall–Kier alpha value is -3.34. The third kappa shape index (κ3) is 3.49. The summed E-state index contributed by atoms with van der Waals surface area (Å²) in [6.07, 6.45) is 4.41. The molecule has 0 fully saturated rings. The van der Waals surface area contributed by atoms with E-state index in [0.29, 0.717) is 18.0 Å². The minimum Gasteiger partial charge on any atom is -0.493 e. The van der Waals surface area contributed by atoms with Crippen LogP contribution in [0.15, 0.2) is 67.0 Å². The first-order chi connectivity index (χ1) is 13.3. The molecule has 0 radical (unpaired) electrons. The lowest BCUT2D eigenvalue weighted by atomic mass is 10.0. The van der Waals surface area contributed by atoms with Gasteiger partial charge in [0.25, 0.3) is 5.91 Å². The summed E-state index contributed by atoms with van der Waals surface area (Å²) in [5.41, 5.74) is 4.39. The van der Waals surface area contributed by atoms with Crippen LogP contribution in [0.1, 0.15) is 5.56 Å². The lowest BCUT2D eigenvalue weighted by molar-refractivity contribution is -0.120. The van der Waals surface area contributed by atoms with Crippen molar-refractivity contribution < 1.29 is 14.3 Å². The van der Waals surface area contributed by atoms with E-state index in [2.05, 4.69) is 11.1 Å². The van der Waals surface area contributed by atoms with E-state index in [4.69, 9.17) is 9.47 Å². The van der Waals surface area contributed by atoms with Gasteiger partial charge in [0, 0.05) is 24.6 Å². The summed E-state index contributed by atoms with van der Waals surface area (Å²) in [4.78, 5) is 18.5. The van der Waals surface area contributed by atoms with Gasteiger partial charge in [0.2, 0.25) is 0 Å². The molecule has 5 heteroatoms. The molecule has 27 heavy (non-hydrogen) atoms. The fourth-order valence-corrected chi connectivity index (χ4v) is 3.34. The molecule has 3 aromatic rings. The van der Waals surface area contributed by atoms with E-state index < -0.39 is 0 Å². The number of aromatic nitrogens is 1. The van der Waals surface area contributed by atoms with Gasteiger partial charge in [0.05, 0.1) is 7.11 Å². The fraction of sp³-hybridized carbons (Fsp3) is 0.182. The summed E-state index contributed by atoms with van der Waals surface area (Å²) in [5.74, 6) is 1.13. The molecule has 136 valence electrons. The minimum absolute atomic E-state index is 0.0219. The van der Waals surface area contributed by atoms with Crippen LogP contribution in [0.2, 0.25) is 0 Å². The Balaban J connectivity index is 1.48. The normalized spacial score (nSPS) is 12.6. The van der Waals surface area contributed by atoms with Gasteiger partial charge in [-0.2, -0.15) is 0 Å². The molecule has 0 aliphatic carbocycles. The second-order valence-corrected chi connectivity index (χ2v) is 6.31. The number of nitrogens with zero attached hydrogens (tertiary/aromatic N) is 2. The van der Waals surface area contributed by atoms with Crippen LogP contribution in [-0.4, -0.2) is 31.2 Å². The molecule has 1 aliphatic rings. The van der Waals surface area contributed by atoms with Crippen molar-refractivity contribution in [1.82, 2.24) is 4.98 Å². The molecule has 1 aromatic heterocycles. The van der Waals surface area contributed by atoms with Crippen LogP contribution in [0, 0.1) is 0 Å². The maximum absolute atomic E-state index is 12.7. The Morgan fingerprint density at radius 2 is 1.81 bits per heavy atom. The Bertz CT molecular complexity index is 957. The van der Waals surface area contributed by atoms with E-state index in [-0.39, 0.29) is 12.5 Å². The summed E-state index contributed by atoms with van der Waals surface area (Å²) in [6, 6.07) is 17.5. The van der Waals surface area contributed by atoms with Crippen LogP contribution in [0.3, 0.4) is 0 Å². The number of hydrogen-bond acceptors (Lipinski definition) is 4. The average Bonchev–Trinajstić information content (AvgIpc) is 3.16. The fourth-order valence-electron chi connectivity index (χ4n) is 3.34. The van der Waals surface area contributed by atoms with Crippen molar-refractivity contribution in [2.75, 3.05) is 25.2 Å². The van der Waals surface area contributed by atoms with E-state index in [1.807, 2.05) is 42.5 Å². The second kappa shape index (κ2) is 7.50. The zero-order chi connectivity index (χ0) is 18.6. The first-order valence-electron chi connectivity index (χ1n) is 8.86. The predicted octanol–water partition coefficient (Wildman–Crippen LogP) is 3.73. The molecular formula is C22H20N2O3. The van der Waals surface area contributed by atoms with Crippen molar-refractivity contribution in [3.63, 3.8) is 0 Å². The predicted molar refractivity (Wildman–Crippen MR) is 104 cm³/mol. The van der Waals surface area contributed by atoms with Crippen molar-refractivity contribution in [3.8, 4) is 22.6 Å². The molecule has 1 amide bonds. The molecule has 0 spiro atoms. The van der Waals surface area contributed by atoms with Crippen molar-refractivity contribution >= 4 is 11.6 Å². The zero-order valence-electron chi connectivity index (χ0n) is 15.1. The van der Waals surface area contributed by atoms with Gasteiger partial charge in [-0.15, -0.1) is 0 Å². The van der Waals surface area contributed by atoms with E-state index in [1.165, 1.54) is 5.56 Å². The molecule has 0 saturated carbocycles. The van der Waals surface area contributed by atoms with Gasteiger partial charge in [0.1, 0.15) is 0 Å². The van der Waals surface area contributed by atoms with Gasteiger partial charge in [-0.3, -0.25) is 9.78 Å². The van der Waals surface area contributed by atoms with Gasteiger partial charge in [-0.25, -0.2) is 0 Å². The first kappa shape index (κ1) is 17.1. The maximum atomic E-state index is 12.7. The largest absolute Gasteiger partial charge is 0.493 e. The summed E-state index contributed by atoms with van der Waals surface area (Å²) < 4.78 is 10.9. The third-order valence-electron chi connectivity index (χ3n) is 4.71. The summed E-state index contributed by atoms with van der Waals surface area (Å²) >= 11 is 0. The van der Waals surface area contributed by atoms with Crippen molar-refractivity contribution in [1.29, 1.82) is 0 Å². The van der Waals surface area contributed by atoms with Gasteiger partial charge in [-0.05, 0) is 59.5 Å². The number of carbonyl (C=O) groups excluding carboxylic acids is 1. The summed E-state index contributed by atoms with van der Waals surface area (Å²) in [7, 11) is 1.58. The number of carbonyl (C=O) groups is 1. The van der Waals surface area contributed by atoms with Crippen LogP contribution < -0.4 is 14.4 Å². The topological polar surface area (TPSA) is 51.7 Å². The maximum Gasteiger partial charge on any atom is 0.264 e. The highest BCUT2D eigenvalue weighted by atomic mass is 16.5. The average molecular weight is 360 g/mol. The number of methoxy groups -OCH3 is 1. The lowest BCUT2D eigenvalue weighted by Gasteiger charge is -2.18. The Morgan fingerprint density at radius 3 is 2.59 bits per heavy atom. The zero-order valence-corrected chi connectivity index (χ0v) is 15.1. The molecule has 4 rings (SSSR count). The Morgan fingerprint density at radius 1 is 1.04 bits per heavy atom. The number of hydrogen-bond donors (Lipinski definition) is 0. The highest BCUT2D eigenvalue weighted by Crippen LogP contribution is 2.32. The third-order valence-corrected chi connectivity index (χ3v) is 4.71. The van der Waals surface area contributed by atoms with Crippen LogP contribution in [0.25, 0.3) is 11.1 Å². The van der Waals surface area contributed by atoms with Crippen LogP contribution >= 0.6 is 0 Å². The number of fused-ring (bicyclic) bond motifs is 1. The van der Waals surface area contributed by atoms with E-state index in [0.717, 1.165) is 23.2 Å². The van der Waals surface area contributed by atoms with E-state index in [9.17, 15) is 4.79 Å². The van der Waals surface area contributed by atoms with Crippen LogP contribution in [0.5, 0.6) is 11.5 Å². The molecule has 0 saturated heterocycles. The minimum atomic E-state index is -0.0590. The molecule has 0 unspecified atom stereocenters. The smallest absolute Gasteiger partial charge is 0.264 e. The Kier molecular flexibility index (Phi) is 4.75. The van der Waals surface area contributed by atoms with Crippen LogP contribution in [0.4, 0.5) is 5.69 Å². The number of ether oxygens (including phenoxy) is 2. The van der Waals surface area contributed by atoms with Gasteiger partial charge < -0.3 is 14.4 Å². The van der Waals surface area contributed by atoms with Crippen molar-refractivity contribution in [2.24, 2.45) is 0 Å². The van der Waals surface area contributed by atoms with Crippen LogP contribution in [-0.2, 0) is 11.2 Å². The molecular weight excluding hydrogens is 340 g/mol. The summed E-state index contributed by atoms with van der Waals surface area (Å²) in [5, 5.41) is 0. The quantitative estimate of drug-likeness (QED) is 0.696. The standard InChI is InChI=1S/C22H20N2O3/c1-26-20-4-2-3-5-21(20)27-15-22(25)24-13-10-18-14-17(6-7-19(18)24)16-8-11-23-12-9-16/h2-9,11-12,14H,10,13,15H2,1H3. The van der Waals surface area contributed by atoms with Crippen molar-refractivity contribution in [3.05, 3.63) is 72.6 Å². The lowest BCUT2D eigenvalue weighted by Crippen LogP contribution is -2.33. The molecule has 0 N–H and O–H groups in total. The Labute approximate surface area is 158 Å². The monoisotopic (exact) mass is 360 g/mol. The SMILES string of the molecule is COc1ccccc1OCC(=O)N1CCc2cc(-c3ccncc3)ccc21. The van der Waals surface area contributed by atoms with E-state index >= 15 is 0 Å². The number of pyridine rings is 1. The highest BCUT2D eigenvalue weighted by molar-refractivity contribution is 5.97. The molecule has 5 nitrogen and oxygen atoms in total. The molecule has 0 atom stereocenters. The number of rotatable bonds is 5. The molecule has 2 aromatic carbocycles. The number of amides is 1.